The Bertz CT molecular complexity index is 614. The maximum absolute atomic E-state index is 12.1. The molecule has 0 saturated carbocycles. The van der Waals surface area contributed by atoms with Gasteiger partial charge in [0, 0.05) is 32.0 Å². The highest BCUT2D eigenvalue weighted by molar-refractivity contribution is 7.89. The van der Waals surface area contributed by atoms with Crippen LogP contribution < -0.4 is 4.74 Å². The smallest absolute Gasteiger partial charge is 0.214 e. The van der Waals surface area contributed by atoms with Crippen LogP contribution in [0.1, 0.15) is 26.2 Å². The molecule has 0 unspecified atom stereocenters. The van der Waals surface area contributed by atoms with E-state index < -0.39 is 10.0 Å². The lowest BCUT2D eigenvalue weighted by molar-refractivity contribution is -0.104. The number of ether oxygens (including phenoxy) is 2. The van der Waals surface area contributed by atoms with Gasteiger partial charge in [-0.05, 0) is 31.2 Å². The molecule has 1 spiro atoms. The maximum Gasteiger partial charge on any atom is 0.214 e. The molecule has 3 heterocycles. The molecule has 0 N–H and O–H groups in total. The van der Waals surface area contributed by atoms with E-state index in [4.69, 9.17) is 9.47 Å². The summed E-state index contributed by atoms with van der Waals surface area (Å²) < 4.78 is 37.3. The summed E-state index contributed by atoms with van der Waals surface area (Å²) in [5.41, 5.74) is -0.297. The van der Waals surface area contributed by atoms with Crippen LogP contribution in [0.5, 0.6) is 5.88 Å². The lowest BCUT2D eigenvalue weighted by atomic mass is 9.80. The third-order valence-electron chi connectivity index (χ3n) is 4.70. The highest BCUT2D eigenvalue weighted by Gasteiger charge is 2.55. The minimum absolute atomic E-state index is 0.219. The van der Waals surface area contributed by atoms with E-state index in [9.17, 15) is 8.42 Å². The Labute approximate surface area is 137 Å². The molecule has 128 valence electrons. The molecule has 0 bridgehead atoms. The SMILES string of the molecule is CCCS(=O)(=O)N1CC2(C1)OCC[C@H]2CCOc1ccccn1. The van der Waals surface area contributed by atoms with E-state index >= 15 is 0 Å². The van der Waals surface area contributed by atoms with Gasteiger partial charge in [0.05, 0.1) is 18.0 Å². The van der Waals surface area contributed by atoms with Crippen molar-refractivity contribution < 1.29 is 17.9 Å². The van der Waals surface area contributed by atoms with Crippen LogP contribution in [0.25, 0.3) is 0 Å². The van der Waals surface area contributed by atoms with Gasteiger partial charge in [-0.25, -0.2) is 13.4 Å². The van der Waals surface area contributed by atoms with E-state index in [2.05, 4.69) is 4.98 Å². The molecule has 23 heavy (non-hydrogen) atoms. The van der Waals surface area contributed by atoms with Crippen LogP contribution in [0, 0.1) is 5.92 Å². The summed E-state index contributed by atoms with van der Waals surface area (Å²) in [6.45, 7) is 4.15. The molecule has 1 aromatic rings. The fraction of sp³-hybridized carbons (Fsp3) is 0.688. The number of pyridine rings is 1. The zero-order valence-corrected chi connectivity index (χ0v) is 14.3. The van der Waals surface area contributed by atoms with Crippen LogP contribution in [0.4, 0.5) is 0 Å². The van der Waals surface area contributed by atoms with E-state index in [1.807, 2.05) is 25.1 Å². The zero-order valence-electron chi connectivity index (χ0n) is 13.5. The van der Waals surface area contributed by atoms with Crippen LogP contribution in [0.3, 0.4) is 0 Å². The summed E-state index contributed by atoms with van der Waals surface area (Å²) in [7, 11) is -3.11. The first-order valence-corrected chi connectivity index (χ1v) is 9.82. The summed E-state index contributed by atoms with van der Waals surface area (Å²) in [5.74, 6) is 1.19. The van der Waals surface area contributed by atoms with Gasteiger partial charge in [-0.3, -0.25) is 0 Å². The van der Waals surface area contributed by atoms with Gasteiger partial charge >= 0.3 is 0 Å². The molecular weight excluding hydrogens is 316 g/mol. The molecule has 0 radical (unpaired) electrons. The largest absolute Gasteiger partial charge is 0.478 e. The Morgan fingerprint density at radius 2 is 2.26 bits per heavy atom. The highest BCUT2D eigenvalue weighted by Crippen LogP contribution is 2.42. The number of aromatic nitrogens is 1. The summed E-state index contributed by atoms with van der Waals surface area (Å²) in [6.07, 6.45) is 4.18. The van der Waals surface area contributed by atoms with Crippen LogP contribution >= 0.6 is 0 Å². The lowest BCUT2D eigenvalue weighted by Crippen LogP contribution is -2.66. The molecule has 2 saturated heterocycles. The molecule has 0 amide bonds. The third-order valence-corrected chi connectivity index (χ3v) is 6.67. The number of rotatable bonds is 7. The van der Waals surface area contributed by atoms with Crippen molar-refractivity contribution in [2.75, 3.05) is 32.1 Å². The fourth-order valence-corrected chi connectivity index (χ4v) is 5.02. The first-order chi connectivity index (χ1) is 11.1. The fourth-order valence-electron chi connectivity index (χ4n) is 3.41. The van der Waals surface area contributed by atoms with E-state index in [0.717, 1.165) is 12.8 Å². The van der Waals surface area contributed by atoms with Crippen molar-refractivity contribution in [3.63, 3.8) is 0 Å². The van der Waals surface area contributed by atoms with Crippen molar-refractivity contribution in [3.8, 4) is 5.88 Å². The van der Waals surface area contributed by atoms with Gasteiger partial charge in [0.15, 0.2) is 0 Å². The van der Waals surface area contributed by atoms with Crippen molar-refractivity contribution in [1.82, 2.24) is 9.29 Å². The predicted octanol–water partition coefficient (Wildman–Crippen LogP) is 1.68. The molecule has 2 fully saturated rings. The molecular formula is C16H24N2O4S. The molecule has 3 rings (SSSR count). The van der Waals surface area contributed by atoms with Crippen LogP contribution in [0.15, 0.2) is 24.4 Å². The molecule has 2 aliphatic rings. The van der Waals surface area contributed by atoms with Gasteiger partial charge in [0.2, 0.25) is 15.9 Å². The zero-order chi connectivity index (χ0) is 16.3. The van der Waals surface area contributed by atoms with Crippen molar-refractivity contribution in [2.24, 2.45) is 5.92 Å². The Hall–Kier alpha value is -1.18. The van der Waals surface area contributed by atoms with Gasteiger partial charge in [-0.1, -0.05) is 13.0 Å². The van der Waals surface area contributed by atoms with Gasteiger partial charge < -0.3 is 9.47 Å². The quantitative estimate of drug-likeness (QED) is 0.755. The van der Waals surface area contributed by atoms with E-state index in [1.165, 1.54) is 0 Å². The number of hydrogen-bond donors (Lipinski definition) is 0. The molecule has 1 aromatic heterocycles. The van der Waals surface area contributed by atoms with Gasteiger partial charge in [0.25, 0.3) is 0 Å². The summed E-state index contributed by atoms with van der Waals surface area (Å²) in [6, 6.07) is 5.58. The second-order valence-corrected chi connectivity index (χ2v) is 8.38. The monoisotopic (exact) mass is 340 g/mol. The predicted molar refractivity (Wildman–Crippen MR) is 86.8 cm³/mol. The Morgan fingerprint density at radius 3 is 2.96 bits per heavy atom. The summed E-state index contributed by atoms with van der Waals surface area (Å²) >= 11 is 0. The Balaban J connectivity index is 1.51. The van der Waals surface area contributed by atoms with Gasteiger partial charge in [0.1, 0.15) is 0 Å². The average molecular weight is 340 g/mol. The van der Waals surface area contributed by atoms with E-state index in [1.54, 1.807) is 10.5 Å². The minimum Gasteiger partial charge on any atom is -0.478 e. The average Bonchev–Trinajstić information content (AvgIpc) is 2.91. The maximum atomic E-state index is 12.1. The van der Waals surface area contributed by atoms with Crippen molar-refractivity contribution in [3.05, 3.63) is 24.4 Å². The minimum atomic E-state index is -3.11. The molecule has 2 aliphatic heterocycles. The molecule has 7 heteroatoms. The van der Waals surface area contributed by atoms with Crippen molar-refractivity contribution in [2.45, 2.75) is 31.8 Å². The standard InChI is InChI=1S/C16H24N2O4S/c1-2-11-23(19,20)18-12-16(13-18)14(7-10-22-16)6-9-21-15-5-3-4-8-17-15/h3-5,8,14H,2,6-7,9-13H2,1H3/t14-/m1/s1. The first kappa shape index (κ1) is 16.7. The third kappa shape index (κ3) is 3.51. The lowest BCUT2D eigenvalue weighted by Gasteiger charge is -2.49. The van der Waals surface area contributed by atoms with Crippen LogP contribution in [-0.2, 0) is 14.8 Å². The van der Waals surface area contributed by atoms with Crippen molar-refractivity contribution in [1.29, 1.82) is 0 Å². The van der Waals surface area contributed by atoms with Crippen molar-refractivity contribution >= 4 is 10.0 Å². The molecule has 0 aromatic carbocycles. The normalized spacial score (nSPS) is 23.8. The summed E-state index contributed by atoms with van der Waals surface area (Å²) in [5, 5.41) is 0. The number of hydrogen-bond acceptors (Lipinski definition) is 5. The second-order valence-electron chi connectivity index (χ2n) is 6.29. The molecule has 0 aliphatic carbocycles. The Morgan fingerprint density at radius 1 is 1.43 bits per heavy atom. The second kappa shape index (κ2) is 6.75. The van der Waals surface area contributed by atoms with Gasteiger partial charge in [-0.2, -0.15) is 4.31 Å². The molecule has 1 atom stereocenters. The first-order valence-electron chi connectivity index (χ1n) is 8.21. The highest BCUT2D eigenvalue weighted by atomic mass is 32.2. The summed E-state index contributed by atoms with van der Waals surface area (Å²) in [4.78, 5) is 4.14. The Kier molecular flexibility index (Phi) is 4.89. The van der Waals surface area contributed by atoms with E-state index in [0.29, 0.717) is 44.5 Å². The van der Waals surface area contributed by atoms with Gasteiger partial charge in [-0.15, -0.1) is 0 Å². The van der Waals surface area contributed by atoms with E-state index in [-0.39, 0.29) is 11.4 Å². The van der Waals surface area contributed by atoms with Crippen LogP contribution in [0.2, 0.25) is 0 Å². The topological polar surface area (TPSA) is 68.7 Å². The number of sulfonamides is 1. The van der Waals surface area contributed by atoms with Crippen LogP contribution in [-0.4, -0.2) is 55.4 Å². The molecule has 6 nitrogen and oxygen atoms in total. The number of nitrogens with zero attached hydrogens (tertiary/aromatic N) is 2.